The zero-order chi connectivity index (χ0) is 23.4. The number of carbonyl (C=O) groups is 2. The molecule has 0 radical (unpaired) electrons. The molecule has 8 heteroatoms. The van der Waals surface area contributed by atoms with Crippen molar-refractivity contribution < 1.29 is 19.8 Å². The van der Waals surface area contributed by atoms with E-state index in [0.29, 0.717) is 22.4 Å². The normalized spacial score (nSPS) is 10.3. The van der Waals surface area contributed by atoms with E-state index in [1.165, 1.54) is 15.9 Å². The lowest BCUT2D eigenvalue weighted by atomic mass is 10.1. The molecular formula is C24H20ClN3O4. The van der Waals surface area contributed by atoms with Crippen molar-refractivity contribution in [2.75, 3.05) is 19.0 Å². The molecular weight excluding hydrogens is 430 g/mol. The predicted octanol–water partition coefficient (Wildman–Crippen LogP) is 4.17. The summed E-state index contributed by atoms with van der Waals surface area (Å²) in [6.07, 6.45) is 0. The lowest BCUT2D eigenvalue weighted by molar-refractivity contribution is 0.0827. The van der Waals surface area contributed by atoms with Gasteiger partial charge < -0.3 is 20.0 Å². The number of phenols is 2. The highest BCUT2D eigenvalue weighted by Gasteiger charge is 2.23. The lowest BCUT2D eigenvalue weighted by Gasteiger charge is -2.24. The van der Waals surface area contributed by atoms with Crippen LogP contribution in [0, 0.1) is 11.3 Å². The van der Waals surface area contributed by atoms with Gasteiger partial charge in [0.25, 0.3) is 11.8 Å². The second-order valence-corrected chi connectivity index (χ2v) is 7.68. The minimum absolute atomic E-state index is 0.0792. The maximum atomic E-state index is 13.4. The number of phenolic OH excluding ortho intramolecular Hbond substituents is 2. The van der Waals surface area contributed by atoms with Crippen molar-refractivity contribution in [3.8, 4) is 17.6 Å². The maximum Gasteiger partial charge on any atom is 0.262 e. The smallest absolute Gasteiger partial charge is 0.262 e. The lowest BCUT2D eigenvalue weighted by Crippen LogP contribution is -2.30. The van der Waals surface area contributed by atoms with Crippen molar-refractivity contribution in [2.24, 2.45) is 0 Å². The molecule has 2 N–H and O–H groups in total. The summed E-state index contributed by atoms with van der Waals surface area (Å²) in [5, 5.41) is 29.1. The monoisotopic (exact) mass is 449 g/mol. The Morgan fingerprint density at radius 2 is 1.66 bits per heavy atom. The summed E-state index contributed by atoms with van der Waals surface area (Å²) in [6, 6.07) is 17.5. The van der Waals surface area contributed by atoms with Crippen molar-refractivity contribution in [3.05, 3.63) is 87.9 Å². The first-order valence-electron chi connectivity index (χ1n) is 9.55. The van der Waals surface area contributed by atoms with Gasteiger partial charge in [-0.3, -0.25) is 9.59 Å². The minimum Gasteiger partial charge on any atom is -0.507 e. The first kappa shape index (κ1) is 22.7. The molecule has 0 aliphatic heterocycles. The number of carbonyl (C=O) groups excluding carboxylic acids is 2. The number of nitrogens with zero attached hydrogens (tertiary/aromatic N) is 3. The van der Waals surface area contributed by atoms with Crippen LogP contribution in [0.2, 0.25) is 5.02 Å². The van der Waals surface area contributed by atoms with Gasteiger partial charge in [0.05, 0.1) is 28.8 Å². The molecule has 0 fully saturated rings. The van der Waals surface area contributed by atoms with Gasteiger partial charge in [0, 0.05) is 31.4 Å². The van der Waals surface area contributed by atoms with Crippen LogP contribution in [-0.4, -0.2) is 41.0 Å². The van der Waals surface area contributed by atoms with Gasteiger partial charge in [-0.05, 0) is 48.0 Å². The minimum atomic E-state index is -0.571. The van der Waals surface area contributed by atoms with Crippen LogP contribution in [0.3, 0.4) is 0 Å². The summed E-state index contributed by atoms with van der Waals surface area (Å²) < 4.78 is 0. The largest absolute Gasteiger partial charge is 0.507 e. The molecule has 162 valence electrons. The van der Waals surface area contributed by atoms with E-state index < -0.39 is 11.7 Å². The van der Waals surface area contributed by atoms with Gasteiger partial charge in [0.1, 0.15) is 11.5 Å². The quantitative estimate of drug-likeness (QED) is 0.608. The summed E-state index contributed by atoms with van der Waals surface area (Å²) in [6.45, 7) is 0.0905. The number of hydrogen-bond donors (Lipinski definition) is 2. The zero-order valence-electron chi connectivity index (χ0n) is 17.4. The van der Waals surface area contributed by atoms with Gasteiger partial charge in [-0.1, -0.05) is 23.7 Å². The summed E-state index contributed by atoms with van der Waals surface area (Å²) in [4.78, 5) is 28.4. The third-order valence-corrected chi connectivity index (χ3v) is 5.07. The number of anilines is 1. The number of benzene rings is 3. The van der Waals surface area contributed by atoms with Crippen LogP contribution in [0.25, 0.3) is 0 Å². The van der Waals surface area contributed by atoms with Gasteiger partial charge >= 0.3 is 0 Å². The average molecular weight is 450 g/mol. The van der Waals surface area contributed by atoms with Crippen LogP contribution in [0.15, 0.2) is 60.7 Å². The Morgan fingerprint density at radius 3 is 2.28 bits per heavy atom. The van der Waals surface area contributed by atoms with Crippen molar-refractivity contribution >= 4 is 29.1 Å². The Bertz CT molecular complexity index is 1220. The summed E-state index contributed by atoms with van der Waals surface area (Å²) >= 11 is 5.96. The van der Waals surface area contributed by atoms with Crippen molar-refractivity contribution in [2.45, 2.75) is 6.54 Å². The molecule has 3 aromatic rings. The van der Waals surface area contributed by atoms with Crippen molar-refractivity contribution in [1.29, 1.82) is 5.26 Å². The average Bonchev–Trinajstić information content (AvgIpc) is 2.79. The fourth-order valence-corrected chi connectivity index (χ4v) is 3.28. The van der Waals surface area contributed by atoms with E-state index in [4.69, 9.17) is 11.6 Å². The molecule has 3 rings (SSSR count). The Hall–Kier alpha value is -4.02. The van der Waals surface area contributed by atoms with Crippen LogP contribution in [0.5, 0.6) is 11.5 Å². The third kappa shape index (κ3) is 4.82. The molecule has 0 unspecified atom stereocenters. The molecule has 0 aromatic heterocycles. The fourth-order valence-electron chi connectivity index (χ4n) is 3.11. The topological polar surface area (TPSA) is 105 Å². The van der Waals surface area contributed by atoms with Crippen molar-refractivity contribution in [3.63, 3.8) is 0 Å². The number of halogens is 1. The molecule has 7 nitrogen and oxygen atoms in total. The van der Waals surface area contributed by atoms with Crippen LogP contribution in [0.4, 0.5) is 5.69 Å². The van der Waals surface area contributed by atoms with E-state index in [0.717, 1.165) is 6.07 Å². The van der Waals surface area contributed by atoms with Gasteiger partial charge in [0.2, 0.25) is 0 Å². The Morgan fingerprint density at radius 1 is 0.969 bits per heavy atom. The van der Waals surface area contributed by atoms with E-state index >= 15 is 0 Å². The fraction of sp³-hybridized carbons (Fsp3) is 0.125. The molecule has 0 spiro atoms. The molecule has 0 bridgehead atoms. The van der Waals surface area contributed by atoms with Crippen LogP contribution in [-0.2, 0) is 6.54 Å². The first-order chi connectivity index (χ1) is 15.2. The number of amides is 2. The Labute approximate surface area is 190 Å². The van der Waals surface area contributed by atoms with Crippen LogP contribution in [0.1, 0.15) is 31.8 Å². The van der Waals surface area contributed by atoms with Gasteiger partial charge in [-0.25, -0.2) is 0 Å². The number of rotatable bonds is 5. The van der Waals surface area contributed by atoms with Gasteiger partial charge in [-0.2, -0.15) is 5.26 Å². The summed E-state index contributed by atoms with van der Waals surface area (Å²) in [7, 11) is 3.29. The van der Waals surface area contributed by atoms with E-state index in [1.54, 1.807) is 62.6 Å². The Kier molecular flexibility index (Phi) is 6.67. The Balaban J connectivity index is 2.05. The van der Waals surface area contributed by atoms with Crippen LogP contribution < -0.4 is 4.90 Å². The van der Waals surface area contributed by atoms with Gasteiger partial charge in [-0.15, -0.1) is 0 Å². The molecule has 0 aliphatic carbocycles. The SMILES string of the molecule is CN(C)C(=O)c1ccc(N(Cc2cccc(C#N)c2)C(=O)c2cc(Cl)c(O)cc2O)cc1. The maximum absolute atomic E-state index is 13.4. The molecule has 0 heterocycles. The van der Waals surface area contributed by atoms with E-state index in [-0.39, 0.29) is 28.8 Å². The summed E-state index contributed by atoms with van der Waals surface area (Å²) in [5.41, 5.74) is 1.95. The number of hydrogen-bond acceptors (Lipinski definition) is 5. The second-order valence-electron chi connectivity index (χ2n) is 7.27. The van der Waals surface area contributed by atoms with E-state index in [2.05, 4.69) is 6.07 Å². The molecule has 0 saturated carbocycles. The molecule has 32 heavy (non-hydrogen) atoms. The summed E-state index contributed by atoms with van der Waals surface area (Å²) in [5.74, 6) is -1.52. The number of aromatic hydroxyl groups is 2. The highest BCUT2D eigenvalue weighted by molar-refractivity contribution is 6.32. The highest BCUT2D eigenvalue weighted by atomic mass is 35.5. The van der Waals surface area contributed by atoms with E-state index in [1.807, 2.05) is 0 Å². The molecule has 3 aromatic carbocycles. The molecule has 0 saturated heterocycles. The molecule has 0 atom stereocenters. The first-order valence-corrected chi connectivity index (χ1v) is 9.93. The molecule has 0 aliphatic rings. The van der Waals surface area contributed by atoms with Crippen molar-refractivity contribution in [1.82, 2.24) is 4.90 Å². The zero-order valence-corrected chi connectivity index (χ0v) is 18.2. The van der Waals surface area contributed by atoms with Crippen LogP contribution >= 0.6 is 11.6 Å². The standard InChI is InChI=1S/C24H20ClN3O4/c1-27(2)23(31)17-6-8-18(9-7-17)28(14-16-5-3-4-15(10-16)13-26)24(32)19-11-20(25)22(30)12-21(19)29/h3-12,29-30H,14H2,1-2H3. The third-order valence-electron chi connectivity index (χ3n) is 4.77. The highest BCUT2D eigenvalue weighted by Crippen LogP contribution is 2.33. The molecule has 2 amide bonds. The second kappa shape index (κ2) is 9.41. The number of nitriles is 1. The predicted molar refractivity (Wildman–Crippen MR) is 121 cm³/mol. The van der Waals surface area contributed by atoms with Gasteiger partial charge in [0.15, 0.2) is 0 Å². The van der Waals surface area contributed by atoms with E-state index in [9.17, 15) is 25.1 Å².